The van der Waals surface area contributed by atoms with Gasteiger partial charge in [-0.25, -0.2) is 4.79 Å². The molecule has 13 heavy (non-hydrogen) atoms. The number of esters is 1. The molecular weight excluding hydrogens is 188 g/mol. The Kier molecular flexibility index (Phi) is 3.57. The highest BCUT2D eigenvalue weighted by Gasteiger charge is 2.11. The third-order valence-corrected chi connectivity index (χ3v) is 2.35. The summed E-state index contributed by atoms with van der Waals surface area (Å²) in [4.78, 5) is 11.0. The molecule has 0 saturated heterocycles. The van der Waals surface area contributed by atoms with Crippen LogP contribution >= 0.6 is 11.3 Å². The molecule has 0 aliphatic heterocycles. The zero-order valence-electron chi connectivity index (χ0n) is 7.32. The second kappa shape index (κ2) is 4.71. The minimum Gasteiger partial charge on any atom is -0.464 e. The smallest absolute Gasteiger partial charge is 0.369 e. The maximum Gasteiger partial charge on any atom is 0.369 e. The lowest BCUT2D eigenvalue weighted by Crippen LogP contribution is -1.99. The third-order valence-electron chi connectivity index (χ3n) is 1.39. The summed E-state index contributed by atoms with van der Waals surface area (Å²) in [6, 6.07) is 0. The zero-order chi connectivity index (χ0) is 9.68. The summed E-state index contributed by atoms with van der Waals surface area (Å²) in [7, 11) is 1.33. The molecule has 0 aliphatic rings. The van der Waals surface area contributed by atoms with Crippen LogP contribution in [0.1, 0.15) is 21.2 Å². The number of ether oxygens (including phenoxy) is 1. The molecule has 4 nitrogen and oxygen atoms in total. The van der Waals surface area contributed by atoms with Crippen LogP contribution in [0, 0.1) is 0 Å². The Balaban J connectivity index is 2.63. The van der Waals surface area contributed by atoms with Crippen molar-refractivity contribution in [3.8, 4) is 0 Å². The van der Waals surface area contributed by atoms with Crippen LogP contribution in [0.3, 0.4) is 0 Å². The molecule has 0 fully saturated rings. The van der Waals surface area contributed by atoms with Gasteiger partial charge in [-0.2, -0.15) is 0 Å². The van der Waals surface area contributed by atoms with Crippen molar-refractivity contribution in [3.05, 3.63) is 22.7 Å². The SMILES string of the molecule is C=CCCc1nnc(C(=O)OC)s1. The molecule has 0 radical (unpaired) electrons. The van der Waals surface area contributed by atoms with Crippen LogP contribution in [0.4, 0.5) is 0 Å². The molecule has 1 aromatic heterocycles. The first-order chi connectivity index (χ1) is 6.27. The summed E-state index contributed by atoms with van der Waals surface area (Å²) in [6.07, 6.45) is 3.42. The second-order valence-corrected chi connectivity index (χ2v) is 3.38. The minimum absolute atomic E-state index is 0.307. The molecule has 0 amide bonds. The van der Waals surface area contributed by atoms with Crippen LogP contribution in [0.25, 0.3) is 0 Å². The van der Waals surface area contributed by atoms with Crippen LogP contribution < -0.4 is 0 Å². The summed E-state index contributed by atoms with van der Waals surface area (Å²) >= 11 is 1.26. The molecule has 0 aliphatic carbocycles. The Morgan fingerprint density at radius 3 is 3.08 bits per heavy atom. The molecule has 0 saturated carbocycles. The van der Waals surface area contributed by atoms with Gasteiger partial charge in [0, 0.05) is 6.42 Å². The second-order valence-electron chi connectivity index (χ2n) is 2.32. The molecule has 1 heterocycles. The van der Waals surface area contributed by atoms with Gasteiger partial charge in [-0.15, -0.1) is 16.8 Å². The number of rotatable bonds is 4. The first kappa shape index (κ1) is 9.85. The zero-order valence-corrected chi connectivity index (χ0v) is 8.13. The van der Waals surface area contributed by atoms with Crippen molar-refractivity contribution in [1.82, 2.24) is 10.2 Å². The number of allylic oxidation sites excluding steroid dienone is 1. The van der Waals surface area contributed by atoms with Gasteiger partial charge in [0.1, 0.15) is 5.01 Å². The van der Waals surface area contributed by atoms with E-state index in [9.17, 15) is 4.79 Å². The lowest BCUT2D eigenvalue weighted by atomic mass is 10.3. The number of hydrogen-bond donors (Lipinski definition) is 0. The average Bonchev–Trinajstić information content (AvgIpc) is 2.62. The molecule has 70 valence electrons. The van der Waals surface area contributed by atoms with E-state index in [2.05, 4.69) is 21.5 Å². The molecule has 0 spiro atoms. The molecule has 1 rings (SSSR count). The largest absolute Gasteiger partial charge is 0.464 e. The van der Waals surface area contributed by atoms with Gasteiger partial charge in [-0.3, -0.25) is 0 Å². The maximum atomic E-state index is 11.0. The van der Waals surface area contributed by atoms with Crippen molar-refractivity contribution in [2.24, 2.45) is 0 Å². The van der Waals surface area contributed by atoms with E-state index in [-0.39, 0.29) is 0 Å². The van der Waals surface area contributed by atoms with Gasteiger partial charge in [0.05, 0.1) is 7.11 Å². The van der Waals surface area contributed by atoms with Crippen LogP contribution in [-0.2, 0) is 11.2 Å². The van der Waals surface area contributed by atoms with Crippen molar-refractivity contribution < 1.29 is 9.53 Å². The Morgan fingerprint density at radius 1 is 1.69 bits per heavy atom. The van der Waals surface area contributed by atoms with E-state index < -0.39 is 5.97 Å². The molecule has 0 aromatic carbocycles. The lowest BCUT2D eigenvalue weighted by Gasteiger charge is -1.89. The summed E-state index contributed by atoms with van der Waals surface area (Å²) in [6.45, 7) is 3.60. The van der Waals surface area contributed by atoms with Gasteiger partial charge in [0.15, 0.2) is 0 Å². The molecule has 5 heteroatoms. The fourth-order valence-electron chi connectivity index (χ4n) is 0.750. The van der Waals surface area contributed by atoms with Gasteiger partial charge in [-0.1, -0.05) is 17.4 Å². The van der Waals surface area contributed by atoms with Gasteiger partial charge in [-0.05, 0) is 6.42 Å². The Morgan fingerprint density at radius 2 is 2.46 bits per heavy atom. The predicted molar refractivity (Wildman–Crippen MR) is 49.8 cm³/mol. The van der Waals surface area contributed by atoms with E-state index in [0.29, 0.717) is 5.01 Å². The van der Waals surface area contributed by atoms with E-state index in [0.717, 1.165) is 17.8 Å². The highest BCUT2D eigenvalue weighted by Crippen LogP contribution is 2.12. The van der Waals surface area contributed by atoms with Crippen molar-refractivity contribution in [1.29, 1.82) is 0 Å². The molecule has 0 atom stereocenters. The van der Waals surface area contributed by atoms with Crippen LogP contribution in [0.15, 0.2) is 12.7 Å². The molecular formula is C8H10N2O2S. The quantitative estimate of drug-likeness (QED) is 0.542. The summed E-state index contributed by atoms with van der Waals surface area (Å²) < 4.78 is 4.50. The van der Waals surface area contributed by atoms with Gasteiger partial charge >= 0.3 is 5.97 Å². The summed E-state index contributed by atoms with van der Waals surface area (Å²) in [5.74, 6) is -0.428. The van der Waals surface area contributed by atoms with Crippen LogP contribution in [0.5, 0.6) is 0 Å². The number of carbonyl (C=O) groups is 1. The van der Waals surface area contributed by atoms with E-state index in [1.54, 1.807) is 6.08 Å². The Hall–Kier alpha value is -1.23. The fraction of sp³-hybridized carbons (Fsp3) is 0.375. The normalized spacial score (nSPS) is 9.62. The summed E-state index contributed by atoms with van der Waals surface area (Å²) in [5, 5.41) is 8.68. The van der Waals surface area contributed by atoms with Crippen LogP contribution in [-0.4, -0.2) is 23.3 Å². The van der Waals surface area contributed by atoms with Crippen molar-refractivity contribution in [2.45, 2.75) is 12.8 Å². The minimum atomic E-state index is -0.428. The Bertz CT molecular complexity index is 309. The number of methoxy groups -OCH3 is 1. The van der Waals surface area contributed by atoms with Gasteiger partial charge in [0.25, 0.3) is 0 Å². The number of carbonyl (C=O) groups excluding carboxylic acids is 1. The maximum absolute atomic E-state index is 11.0. The molecule has 1 aromatic rings. The number of hydrogen-bond acceptors (Lipinski definition) is 5. The topological polar surface area (TPSA) is 52.1 Å². The summed E-state index contributed by atoms with van der Waals surface area (Å²) in [5.41, 5.74) is 0. The lowest BCUT2D eigenvalue weighted by molar-refractivity contribution is 0.0599. The van der Waals surface area contributed by atoms with Crippen molar-refractivity contribution in [2.75, 3.05) is 7.11 Å². The molecule has 0 bridgehead atoms. The van der Waals surface area contributed by atoms with Gasteiger partial charge < -0.3 is 4.74 Å². The van der Waals surface area contributed by atoms with Crippen molar-refractivity contribution >= 4 is 17.3 Å². The highest BCUT2D eigenvalue weighted by molar-refractivity contribution is 7.13. The van der Waals surface area contributed by atoms with E-state index in [1.165, 1.54) is 18.4 Å². The highest BCUT2D eigenvalue weighted by atomic mass is 32.1. The first-order valence-corrected chi connectivity index (χ1v) is 4.61. The van der Waals surface area contributed by atoms with Crippen LogP contribution in [0.2, 0.25) is 0 Å². The van der Waals surface area contributed by atoms with E-state index in [1.807, 2.05) is 0 Å². The third kappa shape index (κ3) is 2.62. The van der Waals surface area contributed by atoms with E-state index in [4.69, 9.17) is 0 Å². The molecule has 0 N–H and O–H groups in total. The average molecular weight is 198 g/mol. The number of aryl methyl sites for hydroxylation is 1. The number of nitrogens with zero attached hydrogens (tertiary/aromatic N) is 2. The Labute approximate surface area is 80.3 Å². The number of aromatic nitrogens is 2. The fourth-order valence-corrected chi connectivity index (χ4v) is 1.52. The molecule has 0 unspecified atom stereocenters. The predicted octanol–water partition coefficient (Wildman–Crippen LogP) is 1.44. The van der Waals surface area contributed by atoms with Crippen molar-refractivity contribution in [3.63, 3.8) is 0 Å². The van der Waals surface area contributed by atoms with E-state index >= 15 is 0 Å². The standard InChI is InChI=1S/C8H10N2O2S/c1-3-4-5-6-9-10-7(13-6)8(11)12-2/h3H,1,4-5H2,2H3. The first-order valence-electron chi connectivity index (χ1n) is 3.79. The van der Waals surface area contributed by atoms with Gasteiger partial charge in [0.2, 0.25) is 5.01 Å². The monoisotopic (exact) mass is 198 g/mol.